The van der Waals surface area contributed by atoms with E-state index >= 15 is 0 Å². The van der Waals surface area contributed by atoms with Crippen LogP contribution in [0.25, 0.3) is 10.2 Å². The summed E-state index contributed by atoms with van der Waals surface area (Å²) in [5.74, 6) is 0. The first-order chi connectivity index (χ1) is 10.3. The van der Waals surface area contributed by atoms with Crippen LogP contribution in [0.2, 0.25) is 0 Å². The summed E-state index contributed by atoms with van der Waals surface area (Å²) in [6.45, 7) is 1.47. The normalized spacial score (nSPS) is 10.9. The van der Waals surface area contributed by atoms with Crippen LogP contribution >= 0.6 is 11.3 Å². The Bertz CT molecular complexity index is 709. The average molecular weight is 298 g/mol. The van der Waals surface area contributed by atoms with Crippen molar-refractivity contribution in [1.29, 1.82) is 0 Å². The Balaban J connectivity index is 1.76. The average Bonchev–Trinajstić information content (AvgIpc) is 2.90. The first-order valence-corrected chi connectivity index (χ1v) is 7.83. The van der Waals surface area contributed by atoms with E-state index in [1.54, 1.807) is 18.4 Å². The second-order valence-electron chi connectivity index (χ2n) is 4.90. The first kappa shape index (κ1) is 14.0. The number of anilines is 1. The van der Waals surface area contributed by atoms with E-state index in [4.69, 9.17) is 4.74 Å². The van der Waals surface area contributed by atoms with Gasteiger partial charge >= 0.3 is 0 Å². The SMILES string of the molecule is COCCNc1nc2ccc(Cc3ccccc3)cc2s1. The number of hydrogen-bond donors (Lipinski definition) is 1. The number of rotatable bonds is 6. The maximum absolute atomic E-state index is 5.04. The Morgan fingerprint density at radius 3 is 2.76 bits per heavy atom. The van der Waals surface area contributed by atoms with Crippen LogP contribution in [0, 0.1) is 0 Å². The molecule has 3 nitrogen and oxygen atoms in total. The third kappa shape index (κ3) is 3.60. The Hall–Kier alpha value is -1.91. The maximum Gasteiger partial charge on any atom is 0.183 e. The van der Waals surface area contributed by atoms with Gasteiger partial charge in [-0.25, -0.2) is 4.98 Å². The third-order valence-corrected chi connectivity index (χ3v) is 4.26. The molecule has 1 aromatic heterocycles. The van der Waals surface area contributed by atoms with Gasteiger partial charge in [-0.1, -0.05) is 47.7 Å². The Morgan fingerprint density at radius 1 is 1.10 bits per heavy atom. The van der Waals surface area contributed by atoms with Crippen LogP contribution in [0.15, 0.2) is 48.5 Å². The molecule has 0 amide bonds. The molecule has 0 aliphatic carbocycles. The van der Waals surface area contributed by atoms with Crippen LogP contribution < -0.4 is 5.32 Å². The van der Waals surface area contributed by atoms with Crippen molar-refractivity contribution >= 4 is 26.7 Å². The predicted molar refractivity (Wildman–Crippen MR) is 89.2 cm³/mol. The molecule has 0 radical (unpaired) electrons. The molecule has 108 valence electrons. The van der Waals surface area contributed by atoms with E-state index in [0.717, 1.165) is 23.6 Å². The lowest BCUT2D eigenvalue weighted by molar-refractivity contribution is 0.211. The molecule has 21 heavy (non-hydrogen) atoms. The van der Waals surface area contributed by atoms with Gasteiger partial charge in [0.1, 0.15) is 0 Å². The molecular weight excluding hydrogens is 280 g/mol. The topological polar surface area (TPSA) is 34.1 Å². The zero-order valence-electron chi connectivity index (χ0n) is 12.0. The molecule has 0 aliphatic rings. The van der Waals surface area contributed by atoms with E-state index in [1.807, 2.05) is 6.07 Å². The van der Waals surface area contributed by atoms with Crippen LogP contribution in [0.3, 0.4) is 0 Å². The van der Waals surface area contributed by atoms with Crippen LogP contribution in [-0.4, -0.2) is 25.2 Å². The number of nitrogens with one attached hydrogen (secondary N) is 1. The highest BCUT2D eigenvalue weighted by Gasteiger charge is 2.05. The first-order valence-electron chi connectivity index (χ1n) is 7.01. The molecule has 1 heterocycles. The van der Waals surface area contributed by atoms with Gasteiger partial charge in [0.15, 0.2) is 5.13 Å². The quantitative estimate of drug-likeness (QED) is 0.700. The highest BCUT2D eigenvalue weighted by molar-refractivity contribution is 7.22. The van der Waals surface area contributed by atoms with Gasteiger partial charge in [0.2, 0.25) is 0 Å². The second kappa shape index (κ2) is 6.70. The van der Waals surface area contributed by atoms with E-state index in [-0.39, 0.29) is 0 Å². The van der Waals surface area contributed by atoms with Gasteiger partial charge in [-0.2, -0.15) is 0 Å². The summed E-state index contributed by atoms with van der Waals surface area (Å²) in [7, 11) is 1.70. The summed E-state index contributed by atoms with van der Waals surface area (Å²) < 4.78 is 6.26. The monoisotopic (exact) mass is 298 g/mol. The van der Waals surface area contributed by atoms with Gasteiger partial charge in [-0.15, -0.1) is 0 Å². The molecule has 0 saturated carbocycles. The lowest BCUT2D eigenvalue weighted by atomic mass is 10.1. The molecule has 0 unspecified atom stereocenters. The number of hydrogen-bond acceptors (Lipinski definition) is 4. The largest absolute Gasteiger partial charge is 0.383 e. The summed E-state index contributed by atoms with van der Waals surface area (Å²) in [6.07, 6.45) is 0.959. The van der Waals surface area contributed by atoms with Crippen LogP contribution in [0.4, 0.5) is 5.13 Å². The zero-order chi connectivity index (χ0) is 14.5. The van der Waals surface area contributed by atoms with Crippen LogP contribution in [0.5, 0.6) is 0 Å². The lowest BCUT2D eigenvalue weighted by Gasteiger charge is -2.01. The fourth-order valence-electron chi connectivity index (χ4n) is 2.25. The molecule has 3 rings (SSSR count). The molecule has 0 fully saturated rings. The molecule has 0 atom stereocenters. The van der Waals surface area contributed by atoms with Crippen molar-refractivity contribution in [2.75, 3.05) is 25.6 Å². The lowest BCUT2D eigenvalue weighted by Crippen LogP contribution is -2.06. The third-order valence-electron chi connectivity index (χ3n) is 3.29. The predicted octanol–water partition coefficient (Wildman–Crippen LogP) is 3.95. The highest BCUT2D eigenvalue weighted by atomic mass is 32.1. The second-order valence-corrected chi connectivity index (χ2v) is 5.93. The number of methoxy groups -OCH3 is 1. The Kier molecular flexibility index (Phi) is 4.48. The minimum absolute atomic E-state index is 0.690. The smallest absolute Gasteiger partial charge is 0.183 e. The van der Waals surface area contributed by atoms with Gasteiger partial charge in [-0.3, -0.25) is 0 Å². The summed E-state index contributed by atoms with van der Waals surface area (Å²) in [6, 6.07) is 17.0. The number of thiazole rings is 1. The van der Waals surface area contributed by atoms with Crippen molar-refractivity contribution in [3.63, 3.8) is 0 Å². The molecule has 0 bridgehead atoms. The van der Waals surface area contributed by atoms with Crippen molar-refractivity contribution < 1.29 is 4.74 Å². The van der Waals surface area contributed by atoms with Crippen molar-refractivity contribution in [3.8, 4) is 0 Å². The van der Waals surface area contributed by atoms with E-state index in [9.17, 15) is 0 Å². The molecule has 0 spiro atoms. The van der Waals surface area contributed by atoms with Gasteiger partial charge in [-0.05, 0) is 29.7 Å². The summed E-state index contributed by atoms with van der Waals surface area (Å²) in [4.78, 5) is 4.58. The van der Waals surface area contributed by atoms with E-state index in [0.29, 0.717) is 6.61 Å². The molecule has 3 aromatic rings. The van der Waals surface area contributed by atoms with Gasteiger partial charge < -0.3 is 10.1 Å². The van der Waals surface area contributed by atoms with Crippen molar-refractivity contribution in [2.45, 2.75) is 6.42 Å². The highest BCUT2D eigenvalue weighted by Crippen LogP contribution is 2.27. The summed E-state index contributed by atoms with van der Waals surface area (Å²) >= 11 is 1.69. The van der Waals surface area contributed by atoms with Crippen molar-refractivity contribution in [1.82, 2.24) is 4.98 Å². The number of nitrogens with zero attached hydrogens (tertiary/aromatic N) is 1. The molecule has 0 saturated heterocycles. The van der Waals surface area contributed by atoms with E-state index < -0.39 is 0 Å². The van der Waals surface area contributed by atoms with Gasteiger partial charge in [0, 0.05) is 13.7 Å². The standard InChI is InChI=1S/C17H18N2OS/c1-20-10-9-18-17-19-15-8-7-14(12-16(15)21-17)11-13-5-3-2-4-6-13/h2-8,12H,9-11H2,1H3,(H,18,19). The number of benzene rings is 2. The summed E-state index contributed by atoms with van der Waals surface area (Å²) in [5, 5.41) is 4.24. The van der Waals surface area contributed by atoms with E-state index in [1.165, 1.54) is 15.8 Å². The molecular formula is C17H18N2OS. The van der Waals surface area contributed by atoms with Crippen LogP contribution in [0.1, 0.15) is 11.1 Å². The number of ether oxygens (including phenoxy) is 1. The molecule has 0 aliphatic heterocycles. The molecule has 1 N–H and O–H groups in total. The van der Waals surface area contributed by atoms with Crippen molar-refractivity contribution in [3.05, 3.63) is 59.7 Å². The maximum atomic E-state index is 5.04. The number of fused-ring (bicyclic) bond motifs is 1. The number of aromatic nitrogens is 1. The van der Waals surface area contributed by atoms with E-state index in [2.05, 4.69) is 52.8 Å². The molecule has 4 heteroatoms. The zero-order valence-corrected chi connectivity index (χ0v) is 12.8. The minimum Gasteiger partial charge on any atom is -0.383 e. The van der Waals surface area contributed by atoms with Crippen molar-refractivity contribution in [2.24, 2.45) is 0 Å². The Labute approximate surface area is 128 Å². The fourth-order valence-corrected chi connectivity index (χ4v) is 3.20. The fraction of sp³-hybridized carbons (Fsp3) is 0.235. The van der Waals surface area contributed by atoms with Gasteiger partial charge in [0.05, 0.1) is 16.8 Å². The Morgan fingerprint density at radius 2 is 1.95 bits per heavy atom. The van der Waals surface area contributed by atoms with Gasteiger partial charge in [0.25, 0.3) is 0 Å². The minimum atomic E-state index is 0.690. The molecule has 2 aromatic carbocycles. The summed E-state index contributed by atoms with van der Waals surface area (Å²) in [5.41, 5.74) is 3.71. The van der Waals surface area contributed by atoms with Crippen LogP contribution in [-0.2, 0) is 11.2 Å².